The smallest absolute Gasteiger partial charge is 0.306 e. The number of aromatic hydroxyl groups is 1. The van der Waals surface area contributed by atoms with E-state index in [2.05, 4.69) is 5.92 Å². The summed E-state index contributed by atoms with van der Waals surface area (Å²) in [5, 5.41) is 19.6. The SMILES string of the molecule is C#CCOc1ccc(C(CC(=O)OCC)c2oc(CO)cc(=O)c2O)cc1OC. The second kappa shape index (κ2) is 10.2. The van der Waals surface area contributed by atoms with Crippen molar-refractivity contribution in [1.82, 2.24) is 0 Å². The van der Waals surface area contributed by atoms with Crippen LogP contribution in [0.4, 0.5) is 0 Å². The third-order valence-electron chi connectivity index (χ3n) is 4.05. The number of aliphatic hydroxyl groups excluding tert-OH is 1. The van der Waals surface area contributed by atoms with E-state index in [0.29, 0.717) is 17.1 Å². The summed E-state index contributed by atoms with van der Waals surface area (Å²) in [5.41, 5.74) is -0.235. The zero-order valence-corrected chi connectivity index (χ0v) is 16.1. The number of benzene rings is 1. The van der Waals surface area contributed by atoms with E-state index in [1.165, 1.54) is 7.11 Å². The van der Waals surface area contributed by atoms with Crippen LogP contribution in [0, 0.1) is 12.3 Å². The van der Waals surface area contributed by atoms with E-state index in [4.69, 9.17) is 25.1 Å². The van der Waals surface area contributed by atoms with Gasteiger partial charge in [0.2, 0.25) is 11.2 Å². The summed E-state index contributed by atoms with van der Waals surface area (Å²) in [6.45, 7) is 1.32. The molecule has 8 heteroatoms. The molecule has 0 bridgehead atoms. The lowest BCUT2D eigenvalue weighted by molar-refractivity contribution is -0.143. The third kappa shape index (κ3) is 5.30. The number of carbonyl (C=O) groups excluding carboxylic acids is 1. The Bertz CT molecular complexity index is 954. The highest BCUT2D eigenvalue weighted by atomic mass is 16.5. The summed E-state index contributed by atoms with van der Waals surface area (Å²) in [4.78, 5) is 24.2. The molecule has 0 radical (unpaired) electrons. The fourth-order valence-corrected chi connectivity index (χ4v) is 2.76. The molecule has 1 aromatic heterocycles. The Morgan fingerprint density at radius 2 is 2.07 bits per heavy atom. The van der Waals surface area contributed by atoms with Gasteiger partial charge in [0.15, 0.2) is 17.3 Å². The van der Waals surface area contributed by atoms with Gasteiger partial charge in [0.1, 0.15) is 19.0 Å². The molecule has 8 nitrogen and oxygen atoms in total. The number of hydrogen-bond acceptors (Lipinski definition) is 8. The molecule has 1 heterocycles. The van der Waals surface area contributed by atoms with Crippen molar-refractivity contribution in [2.75, 3.05) is 20.3 Å². The van der Waals surface area contributed by atoms with Gasteiger partial charge in [-0.15, -0.1) is 6.42 Å². The molecule has 0 fully saturated rings. The number of esters is 1. The fraction of sp³-hybridized carbons (Fsp3) is 0.333. The Morgan fingerprint density at radius 3 is 2.69 bits per heavy atom. The van der Waals surface area contributed by atoms with E-state index in [1.807, 2.05) is 0 Å². The lowest BCUT2D eigenvalue weighted by Crippen LogP contribution is -2.15. The van der Waals surface area contributed by atoms with Crippen molar-refractivity contribution in [3.05, 3.63) is 51.6 Å². The molecule has 0 spiro atoms. The first kappa shape index (κ1) is 21.9. The van der Waals surface area contributed by atoms with Crippen LogP contribution < -0.4 is 14.9 Å². The van der Waals surface area contributed by atoms with Crippen molar-refractivity contribution in [2.24, 2.45) is 0 Å². The van der Waals surface area contributed by atoms with Crippen molar-refractivity contribution < 1.29 is 33.6 Å². The molecular weight excluding hydrogens is 380 g/mol. The van der Waals surface area contributed by atoms with Gasteiger partial charge >= 0.3 is 5.97 Å². The molecular formula is C21H22O8. The quantitative estimate of drug-likeness (QED) is 0.483. The van der Waals surface area contributed by atoms with Gasteiger partial charge in [0.05, 0.1) is 26.1 Å². The highest BCUT2D eigenvalue weighted by molar-refractivity contribution is 5.71. The average Bonchev–Trinajstić information content (AvgIpc) is 2.72. The lowest BCUT2D eigenvalue weighted by Gasteiger charge is -2.19. The minimum absolute atomic E-state index is 0.0379. The zero-order chi connectivity index (χ0) is 21.4. The molecule has 0 aliphatic carbocycles. The number of hydrogen-bond donors (Lipinski definition) is 2. The van der Waals surface area contributed by atoms with Gasteiger partial charge in [0.25, 0.3) is 0 Å². The Kier molecular flexibility index (Phi) is 7.69. The molecule has 0 saturated carbocycles. The van der Waals surface area contributed by atoms with Gasteiger partial charge in [-0.25, -0.2) is 0 Å². The largest absolute Gasteiger partial charge is 0.502 e. The molecule has 1 unspecified atom stereocenters. The van der Waals surface area contributed by atoms with E-state index in [9.17, 15) is 19.8 Å². The predicted molar refractivity (Wildman–Crippen MR) is 103 cm³/mol. The maximum absolute atomic E-state index is 12.2. The molecule has 1 atom stereocenters. The molecule has 1 aromatic carbocycles. The first-order chi connectivity index (χ1) is 13.9. The maximum atomic E-state index is 12.2. The maximum Gasteiger partial charge on any atom is 0.306 e. The van der Waals surface area contributed by atoms with E-state index in [-0.39, 0.29) is 31.2 Å². The zero-order valence-electron chi connectivity index (χ0n) is 16.1. The number of terminal acetylenes is 1. The van der Waals surface area contributed by atoms with Crippen molar-refractivity contribution in [1.29, 1.82) is 0 Å². The van der Waals surface area contributed by atoms with Gasteiger partial charge in [-0.05, 0) is 24.6 Å². The lowest BCUT2D eigenvalue weighted by atomic mass is 9.91. The van der Waals surface area contributed by atoms with E-state index in [0.717, 1.165) is 6.07 Å². The van der Waals surface area contributed by atoms with Crippen molar-refractivity contribution in [2.45, 2.75) is 25.9 Å². The molecule has 0 aliphatic rings. The van der Waals surface area contributed by atoms with Gasteiger partial charge < -0.3 is 28.8 Å². The molecule has 2 aromatic rings. The van der Waals surface area contributed by atoms with E-state index < -0.39 is 29.7 Å². The normalized spacial score (nSPS) is 11.4. The van der Waals surface area contributed by atoms with Crippen molar-refractivity contribution >= 4 is 5.97 Å². The van der Waals surface area contributed by atoms with Crippen LogP contribution in [0.25, 0.3) is 0 Å². The second-order valence-corrected chi connectivity index (χ2v) is 5.91. The fourth-order valence-electron chi connectivity index (χ4n) is 2.76. The summed E-state index contributed by atoms with van der Waals surface area (Å²) in [7, 11) is 1.44. The van der Waals surface area contributed by atoms with Gasteiger partial charge in [-0.1, -0.05) is 12.0 Å². The average molecular weight is 402 g/mol. The Labute approximate surface area is 167 Å². The molecule has 0 saturated heterocycles. The Morgan fingerprint density at radius 1 is 1.31 bits per heavy atom. The van der Waals surface area contributed by atoms with Crippen LogP contribution in [0.15, 0.2) is 33.5 Å². The Balaban J connectivity index is 2.58. The summed E-state index contributed by atoms with van der Waals surface area (Å²) in [5.74, 6) is 0.801. The standard InChI is InChI=1S/C21H22O8/c1-4-8-28-17-7-6-13(9-18(17)26-3)15(11-19(24)27-5-2)21-20(25)16(23)10-14(12-22)29-21/h1,6-7,9-10,15,22,25H,5,8,11-12H2,2-3H3. The number of methoxy groups -OCH3 is 1. The van der Waals surface area contributed by atoms with Crippen LogP contribution in [-0.2, 0) is 16.1 Å². The molecule has 0 amide bonds. The van der Waals surface area contributed by atoms with Crippen LogP contribution in [0.1, 0.15) is 36.3 Å². The van der Waals surface area contributed by atoms with Crippen LogP contribution >= 0.6 is 0 Å². The summed E-state index contributed by atoms with van der Waals surface area (Å²) in [6.07, 6.45) is 4.99. The first-order valence-electron chi connectivity index (χ1n) is 8.81. The Hall–Kier alpha value is -3.44. The molecule has 2 rings (SSSR count). The molecule has 154 valence electrons. The predicted octanol–water partition coefficient (Wildman–Crippen LogP) is 1.94. The minimum atomic E-state index is -0.871. The van der Waals surface area contributed by atoms with Gasteiger partial charge in [-0.2, -0.15) is 0 Å². The highest BCUT2D eigenvalue weighted by Crippen LogP contribution is 2.37. The second-order valence-electron chi connectivity index (χ2n) is 5.91. The van der Waals surface area contributed by atoms with Crippen LogP contribution in [0.5, 0.6) is 17.2 Å². The first-order valence-corrected chi connectivity index (χ1v) is 8.81. The topological polar surface area (TPSA) is 115 Å². The number of ether oxygens (including phenoxy) is 3. The van der Waals surface area contributed by atoms with Crippen LogP contribution in [-0.4, -0.2) is 36.5 Å². The summed E-state index contributed by atoms with van der Waals surface area (Å²) < 4.78 is 21.2. The molecule has 29 heavy (non-hydrogen) atoms. The third-order valence-corrected chi connectivity index (χ3v) is 4.05. The molecule has 2 N–H and O–H groups in total. The molecule has 0 aliphatic heterocycles. The van der Waals surface area contributed by atoms with Crippen molar-refractivity contribution in [3.63, 3.8) is 0 Å². The number of rotatable bonds is 9. The monoisotopic (exact) mass is 402 g/mol. The minimum Gasteiger partial charge on any atom is -0.502 e. The van der Waals surface area contributed by atoms with Crippen molar-refractivity contribution in [3.8, 4) is 29.6 Å². The number of aliphatic hydroxyl groups is 1. The van der Waals surface area contributed by atoms with Crippen LogP contribution in [0.2, 0.25) is 0 Å². The highest BCUT2D eigenvalue weighted by Gasteiger charge is 2.27. The summed E-state index contributed by atoms with van der Waals surface area (Å²) >= 11 is 0. The number of carbonyl (C=O) groups is 1. The summed E-state index contributed by atoms with van der Waals surface area (Å²) in [6, 6.07) is 5.79. The van der Waals surface area contributed by atoms with Gasteiger partial charge in [-0.3, -0.25) is 9.59 Å². The van der Waals surface area contributed by atoms with Gasteiger partial charge in [0, 0.05) is 6.07 Å². The van der Waals surface area contributed by atoms with E-state index in [1.54, 1.807) is 25.1 Å². The van der Waals surface area contributed by atoms with E-state index >= 15 is 0 Å². The van der Waals surface area contributed by atoms with Crippen LogP contribution in [0.3, 0.4) is 0 Å².